The predicted molar refractivity (Wildman–Crippen MR) is 68.2 cm³/mol. The van der Waals surface area contributed by atoms with Gasteiger partial charge in [0, 0.05) is 19.0 Å². The number of Topliss-reactive ketones (excluding diaryl/α,β-unsaturated/α-hetero) is 1. The van der Waals surface area contributed by atoms with E-state index in [2.05, 4.69) is 0 Å². The van der Waals surface area contributed by atoms with Crippen molar-refractivity contribution in [2.24, 2.45) is 11.8 Å². The summed E-state index contributed by atoms with van der Waals surface area (Å²) >= 11 is 0. The normalized spacial score (nSPS) is 22.9. The van der Waals surface area contributed by atoms with Gasteiger partial charge in [0.2, 0.25) is 10.0 Å². The van der Waals surface area contributed by atoms with E-state index in [1.54, 1.807) is 6.92 Å². The second-order valence-corrected chi connectivity index (χ2v) is 7.39. The molecule has 1 unspecified atom stereocenters. The number of rotatable bonds is 5. The summed E-state index contributed by atoms with van der Waals surface area (Å²) in [7, 11) is -3.16. The van der Waals surface area contributed by atoms with Crippen molar-refractivity contribution in [3.05, 3.63) is 0 Å². The number of piperidine rings is 1. The maximum atomic E-state index is 12.1. The third kappa shape index (κ3) is 4.39. The monoisotopic (exact) mass is 261 g/mol. The lowest BCUT2D eigenvalue weighted by atomic mass is 9.96. The van der Waals surface area contributed by atoms with Crippen LogP contribution in [-0.2, 0) is 14.8 Å². The Balaban J connectivity index is 2.62. The summed E-state index contributed by atoms with van der Waals surface area (Å²) in [5, 5.41) is 0. The van der Waals surface area contributed by atoms with Crippen LogP contribution >= 0.6 is 0 Å². The van der Waals surface area contributed by atoms with Crippen molar-refractivity contribution < 1.29 is 13.2 Å². The lowest BCUT2D eigenvalue weighted by Crippen LogP contribution is -2.42. The molecule has 0 aliphatic carbocycles. The van der Waals surface area contributed by atoms with Gasteiger partial charge in [0.25, 0.3) is 0 Å². The van der Waals surface area contributed by atoms with Gasteiger partial charge in [-0.3, -0.25) is 4.79 Å². The third-order valence-corrected chi connectivity index (χ3v) is 5.18. The highest BCUT2D eigenvalue weighted by atomic mass is 32.2. The zero-order chi connectivity index (χ0) is 13.1. The summed E-state index contributed by atoms with van der Waals surface area (Å²) in [5.41, 5.74) is 0. The molecule has 1 fully saturated rings. The number of nitrogens with zero attached hydrogens (tertiary/aromatic N) is 1. The fourth-order valence-corrected chi connectivity index (χ4v) is 3.88. The summed E-state index contributed by atoms with van der Waals surface area (Å²) in [6.07, 6.45) is 2.31. The first kappa shape index (κ1) is 14.6. The van der Waals surface area contributed by atoms with Crippen LogP contribution in [0.15, 0.2) is 0 Å². The second kappa shape index (κ2) is 5.96. The van der Waals surface area contributed by atoms with Crippen LogP contribution in [0.2, 0.25) is 0 Å². The number of sulfonamides is 1. The number of carbonyl (C=O) groups excluding carboxylic acids is 1. The minimum atomic E-state index is -3.16. The predicted octanol–water partition coefficient (Wildman–Crippen LogP) is 1.66. The van der Waals surface area contributed by atoms with Crippen molar-refractivity contribution in [2.45, 2.75) is 40.0 Å². The molecule has 0 aromatic carbocycles. The van der Waals surface area contributed by atoms with Gasteiger partial charge in [0.15, 0.2) is 0 Å². The first-order chi connectivity index (χ1) is 7.83. The van der Waals surface area contributed by atoms with E-state index in [0.29, 0.717) is 25.4 Å². The smallest absolute Gasteiger partial charge is 0.214 e. The number of hydrogen-bond donors (Lipinski definition) is 0. The fraction of sp³-hybridized carbons (Fsp3) is 0.917. The molecule has 4 nitrogen and oxygen atoms in total. The van der Waals surface area contributed by atoms with Crippen LogP contribution in [-0.4, -0.2) is 37.3 Å². The minimum Gasteiger partial charge on any atom is -0.300 e. The van der Waals surface area contributed by atoms with Gasteiger partial charge < -0.3 is 0 Å². The van der Waals surface area contributed by atoms with Crippen molar-refractivity contribution in [3.63, 3.8) is 0 Å². The van der Waals surface area contributed by atoms with E-state index in [1.165, 1.54) is 4.31 Å². The average Bonchev–Trinajstić information content (AvgIpc) is 2.27. The van der Waals surface area contributed by atoms with Gasteiger partial charge in [-0.15, -0.1) is 0 Å². The minimum absolute atomic E-state index is 0.0995. The maximum absolute atomic E-state index is 12.1. The summed E-state index contributed by atoms with van der Waals surface area (Å²) in [4.78, 5) is 11.3. The van der Waals surface area contributed by atoms with E-state index >= 15 is 0 Å². The second-order valence-electron chi connectivity index (χ2n) is 5.31. The molecule has 5 heteroatoms. The molecule has 0 saturated carbocycles. The average molecular weight is 261 g/mol. The van der Waals surface area contributed by atoms with Crippen LogP contribution in [0.4, 0.5) is 0 Å². The molecule has 0 N–H and O–H groups in total. The number of ketones is 1. The van der Waals surface area contributed by atoms with Crippen LogP contribution < -0.4 is 0 Å². The SMILES string of the molecule is CC(=O)C1CCCN(S(=O)(=O)CCC(C)C)C1. The van der Waals surface area contributed by atoms with Crippen LogP contribution in [0.25, 0.3) is 0 Å². The van der Waals surface area contributed by atoms with E-state index < -0.39 is 10.0 Å². The van der Waals surface area contributed by atoms with Crippen LogP contribution in [0.1, 0.15) is 40.0 Å². The Labute approximate surface area is 104 Å². The van der Waals surface area contributed by atoms with Crippen molar-refractivity contribution in [1.82, 2.24) is 4.31 Å². The third-order valence-electron chi connectivity index (χ3n) is 3.31. The van der Waals surface area contributed by atoms with Crippen LogP contribution in [0.3, 0.4) is 0 Å². The summed E-state index contributed by atoms with van der Waals surface area (Å²) in [6, 6.07) is 0. The Morgan fingerprint density at radius 3 is 2.59 bits per heavy atom. The summed E-state index contributed by atoms with van der Waals surface area (Å²) < 4.78 is 25.7. The number of carbonyl (C=O) groups is 1. The summed E-state index contributed by atoms with van der Waals surface area (Å²) in [5.74, 6) is 0.597. The Morgan fingerprint density at radius 2 is 2.06 bits per heavy atom. The van der Waals surface area contributed by atoms with E-state index in [4.69, 9.17) is 0 Å². The highest BCUT2D eigenvalue weighted by Gasteiger charge is 2.30. The van der Waals surface area contributed by atoms with Gasteiger partial charge in [-0.2, -0.15) is 0 Å². The molecule has 100 valence electrons. The topological polar surface area (TPSA) is 54.5 Å². The van der Waals surface area contributed by atoms with Crippen molar-refractivity contribution in [1.29, 1.82) is 0 Å². The Bertz CT molecular complexity index is 362. The molecule has 0 amide bonds. The van der Waals surface area contributed by atoms with Crippen molar-refractivity contribution in [2.75, 3.05) is 18.8 Å². The first-order valence-electron chi connectivity index (χ1n) is 6.31. The Morgan fingerprint density at radius 1 is 1.41 bits per heavy atom. The van der Waals surface area contributed by atoms with Gasteiger partial charge >= 0.3 is 0 Å². The number of hydrogen-bond acceptors (Lipinski definition) is 3. The van der Waals surface area contributed by atoms with Gasteiger partial charge in [-0.1, -0.05) is 13.8 Å². The lowest BCUT2D eigenvalue weighted by molar-refractivity contribution is -0.121. The van der Waals surface area contributed by atoms with E-state index in [0.717, 1.165) is 12.8 Å². The van der Waals surface area contributed by atoms with Crippen molar-refractivity contribution >= 4 is 15.8 Å². The highest BCUT2D eigenvalue weighted by Crippen LogP contribution is 2.21. The maximum Gasteiger partial charge on any atom is 0.214 e. The van der Waals surface area contributed by atoms with Crippen LogP contribution in [0.5, 0.6) is 0 Å². The molecule has 1 aliphatic rings. The molecule has 0 aromatic heterocycles. The molecule has 1 saturated heterocycles. The standard InChI is InChI=1S/C12H23NO3S/c1-10(2)6-8-17(15,16)13-7-4-5-12(9-13)11(3)14/h10,12H,4-9H2,1-3H3. The zero-order valence-corrected chi connectivity index (χ0v) is 11.8. The van der Waals surface area contributed by atoms with Gasteiger partial charge in [-0.05, 0) is 32.1 Å². The molecular weight excluding hydrogens is 238 g/mol. The van der Waals surface area contributed by atoms with Crippen molar-refractivity contribution in [3.8, 4) is 0 Å². The van der Waals surface area contributed by atoms with Gasteiger partial charge in [-0.25, -0.2) is 12.7 Å². The molecule has 1 heterocycles. The first-order valence-corrected chi connectivity index (χ1v) is 7.92. The molecule has 0 bridgehead atoms. The van der Waals surface area contributed by atoms with Crippen LogP contribution in [0, 0.1) is 11.8 Å². The van der Waals surface area contributed by atoms with E-state index in [1.807, 2.05) is 13.8 Å². The Hall–Kier alpha value is -0.420. The molecule has 17 heavy (non-hydrogen) atoms. The van der Waals surface area contributed by atoms with Gasteiger partial charge in [0.05, 0.1) is 5.75 Å². The molecule has 1 atom stereocenters. The molecule has 0 aromatic rings. The molecular formula is C12H23NO3S. The highest BCUT2D eigenvalue weighted by molar-refractivity contribution is 7.89. The van der Waals surface area contributed by atoms with Gasteiger partial charge in [0.1, 0.15) is 5.78 Å². The molecule has 0 spiro atoms. The zero-order valence-electron chi connectivity index (χ0n) is 11.0. The largest absolute Gasteiger partial charge is 0.300 e. The quantitative estimate of drug-likeness (QED) is 0.756. The Kier molecular flexibility index (Phi) is 5.13. The fourth-order valence-electron chi connectivity index (χ4n) is 2.04. The molecule has 0 radical (unpaired) electrons. The molecule has 1 aliphatic heterocycles. The summed E-state index contributed by atoms with van der Waals surface area (Å²) in [6.45, 7) is 6.54. The van der Waals surface area contributed by atoms with E-state index in [9.17, 15) is 13.2 Å². The molecule has 1 rings (SSSR count). The van der Waals surface area contributed by atoms with E-state index in [-0.39, 0.29) is 17.5 Å². The lowest BCUT2D eigenvalue weighted by Gasteiger charge is -2.30.